The second kappa shape index (κ2) is 11.3. The van der Waals surface area contributed by atoms with E-state index in [-0.39, 0.29) is 5.97 Å². The first-order chi connectivity index (χ1) is 18.5. The highest BCUT2D eigenvalue weighted by atomic mass is 79.9. The van der Waals surface area contributed by atoms with Gasteiger partial charge in [0.05, 0.1) is 31.4 Å². The largest absolute Gasteiger partial charge is 0.472 e. The number of imidazole rings is 1. The van der Waals surface area contributed by atoms with E-state index < -0.39 is 0 Å². The molecule has 0 fully saturated rings. The molecule has 3 aromatic rings. The number of carbonyl (C=O) groups excluding carboxylic acids is 1. The number of benzene rings is 1. The zero-order valence-corrected chi connectivity index (χ0v) is 23.2. The number of nitrogens with one attached hydrogen (secondary N) is 1. The van der Waals surface area contributed by atoms with Gasteiger partial charge in [-0.05, 0) is 64.2 Å². The van der Waals surface area contributed by atoms with Gasteiger partial charge in [0.1, 0.15) is 5.82 Å². The lowest BCUT2D eigenvalue weighted by Gasteiger charge is -2.15. The second-order valence-corrected chi connectivity index (χ2v) is 9.85. The maximum absolute atomic E-state index is 13.1. The van der Waals surface area contributed by atoms with Gasteiger partial charge in [-0.15, -0.1) is 10.2 Å². The predicted molar refractivity (Wildman–Crippen MR) is 147 cm³/mol. The average molecular weight is 577 g/mol. The number of tetrazole rings is 1. The van der Waals surface area contributed by atoms with E-state index in [0.717, 1.165) is 69.4 Å². The molecule has 1 aromatic carbocycles. The van der Waals surface area contributed by atoms with Gasteiger partial charge in [0.15, 0.2) is 5.69 Å². The van der Waals surface area contributed by atoms with Crippen LogP contribution < -0.4 is 0 Å². The molecule has 0 saturated heterocycles. The summed E-state index contributed by atoms with van der Waals surface area (Å²) in [5, 5.41) is 14.8. The highest BCUT2D eigenvalue weighted by molar-refractivity contribution is 9.10. The topological polar surface area (TPSA) is 112 Å². The fourth-order valence-corrected chi connectivity index (χ4v) is 5.72. The van der Waals surface area contributed by atoms with Crippen LogP contribution in [0.15, 0.2) is 51.7 Å². The van der Waals surface area contributed by atoms with Gasteiger partial charge in [0.25, 0.3) is 0 Å². The molecule has 2 aromatic heterocycles. The van der Waals surface area contributed by atoms with Crippen molar-refractivity contribution in [1.29, 1.82) is 0 Å². The Morgan fingerprint density at radius 2 is 1.92 bits per heavy atom. The molecule has 2 aliphatic rings. The molecule has 9 nitrogen and oxygen atoms in total. The van der Waals surface area contributed by atoms with Gasteiger partial charge in [-0.25, -0.2) is 9.78 Å². The standard InChI is InChI=1S/C28H29BrN6O3/c1-4-6-7-12-23-30-17(3)26(28(36)38-5-2)35(23)15-21-18-13-14-37-16-22(18)25(29)24(21)19-10-8-9-11-20(19)27-31-33-34-32-27/h8-11,13-14,16H,4-7,12,15H2,1-3H3,(H,31,32,33,34). The molecular formula is C28H29BrN6O3. The highest BCUT2D eigenvalue weighted by Gasteiger charge is 2.29. The van der Waals surface area contributed by atoms with E-state index in [1.165, 1.54) is 0 Å². The number of hydrogen-bond donors (Lipinski definition) is 1. The molecule has 0 bridgehead atoms. The number of halogens is 1. The van der Waals surface area contributed by atoms with Crippen LogP contribution in [0.4, 0.5) is 0 Å². The molecule has 0 spiro atoms. The Hall–Kier alpha value is -3.79. The molecule has 10 heteroatoms. The van der Waals surface area contributed by atoms with Gasteiger partial charge in [-0.1, -0.05) is 44.0 Å². The minimum Gasteiger partial charge on any atom is -0.472 e. The van der Waals surface area contributed by atoms with Crippen LogP contribution in [0.3, 0.4) is 0 Å². The molecule has 0 atom stereocenters. The van der Waals surface area contributed by atoms with E-state index in [0.29, 0.717) is 30.4 Å². The quantitative estimate of drug-likeness (QED) is 0.150. The third-order valence-electron chi connectivity index (χ3n) is 6.66. The number of hydrogen-bond acceptors (Lipinski definition) is 7. The van der Waals surface area contributed by atoms with Gasteiger partial charge in [0, 0.05) is 27.6 Å². The number of ether oxygens (including phenoxy) is 1. The summed E-state index contributed by atoms with van der Waals surface area (Å²) in [5.41, 5.74) is 6.89. The first-order valence-electron chi connectivity index (χ1n) is 12.8. The van der Waals surface area contributed by atoms with Gasteiger partial charge in [-0.2, -0.15) is 5.21 Å². The molecule has 1 aliphatic carbocycles. The number of aryl methyl sites for hydroxylation is 2. The Kier molecular flexibility index (Phi) is 7.69. The number of rotatable bonds is 10. The van der Waals surface area contributed by atoms with Crippen LogP contribution in [-0.4, -0.2) is 42.8 Å². The van der Waals surface area contributed by atoms with Gasteiger partial charge >= 0.3 is 5.97 Å². The van der Waals surface area contributed by atoms with E-state index >= 15 is 0 Å². The highest BCUT2D eigenvalue weighted by Crippen LogP contribution is 2.48. The summed E-state index contributed by atoms with van der Waals surface area (Å²) in [5.74, 6) is 1.01. The zero-order valence-electron chi connectivity index (χ0n) is 21.6. The minimum atomic E-state index is -0.363. The van der Waals surface area contributed by atoms with Crippen LogP contribution in [0.25, 0.3) is 33.6 Å². The third-order valence-corrected chi connectivity index (χ3v) is 7.49. The fraction of sp³-hybridized carbons (Fsp3) is 0.321. The van der Waals surface area contributed by atoms with Crippen LogP contribution in [0.2, 0.25) is 0 Å². The van der Waals surface area contributed by atoms with E-state index in [9.17, 15) is 4.79 Å². The summed E-state index contributed by atoms with van der Waals surface area (Å²) in [4.78, 5) is 17.9. The monoisotopic (exact) mass is 576 g/mol. The summed E-state index contributed by atoms with van der Waals surface area (Å²) in [7, 11) is 0. The van der Waals surface area contributed by atoms with Crippen molar-refractivity contribution in [1.82, 2.24) is 30.2 Å². The Bertz CT molecular complexity index is 1520. The SMILES string of the molecule is CCCCCc1nc(C)c(C(=O)OCC)n1Cc1c2ccocc-2c(Br)c1-c1ccccc1-c1nn[nH]n1. The Balaban J connectivity index is 1.72. The number of nitrogens with zero attached hydrogens (tertiary/aromatic N) is 5. The summed E-state index contributed by atoms with van der Waals surface area (Å²) >= 11 is 3.86. The van der Waals surface area contributed by atoms with Crippen molar-refractivity contribution in [3.8, 4) is 33.6 Å². The van der Waals surface area contributed by atoms with Crippen LogP contribution in [0.5, 0.6) is 0 Å². The Morgan fingerprint density at radius 1 is 1.11 bits per heavy atom. The van der Waals surface area contributed by atoms with Crippen molar-refractivity contribution in [2.45, 2.75) is 53.0 Å². The molecule has 0 amide bonds. The molecule has 38 heavy (non-hydrogen) atoms. The maximum Gasteiger partial charge on any atom is 0.356 e. The van der Waals surface area contributed by atoms with Crippen LogP contribution in [0.1, 0.15) is 60.7 Å². The van der Waals surface area contributed by atoms with Gasteiger partial charge in [0.2, 0.25) is 5.82 Å². The van der Waals surface area contributed by atoms with Crippen LogP contribution in [0, 0.1) is 6.92 Å². The van der Waals surface area contributed by atoms with Crippen molar-refractivity contribution >= 4 is 21.9 Å². The van der Waals surface area contributed by atoms with Gasteiger partial charge in [-0.3, -0.25) is 0 Å². The third kappa shape index (κ3) is 4.76. The predicted octanol–water partition coefficient (Wildman–Crippen LogP) is 6.46. The molecule has 0 radical (unpaired) electrons. The number of esters is 1. The van der Waals surface area contributed by atoms with Crippen molar-refractivity contribution in [2.75, 3.05) is 6.61 Å². The fourth-order valence-electron chi connectivity index (χ4n) is 4.96. The number of aromatic amines is 1. The van der Waals surface area contributed by atoms with E-state index in [1.807, 2.05) is 48.7 Å². The first-order valence-corrected chi connectivity index (χ1v) is 13.6. The second-order valence-electron chi connectivity index (χ2n) is 9.06. The number of H-pyrrole nitrogens is 1. The lowest BCUT2D eigenvalue weighted by molar-refractivity contribution is 0.0513. The average Bonchev–Trinajstić information content (AvgIpc) is 3.63. The lowest BCUT2D eigenvalue weighted by Crippen LogP contribution is -2.16. The van der Waals surface area contributed by atoms with Crippen LogP contribution >= 0.6 is 15.9 Å². The van der Waals surface area contributed by atoms with E-state index in [2.05, 4.69) is 43.5 Å². The van der Waals surface area contributed by atoms with Crippen molar-refractivity contribution in [3.05, 3.63) is 70.1 Å². The molecule has 3 heterocycles. The van der Waals surface area contributed by atoms with Crippen molar-refractivity contribution in [3.63, 3.8) is 0 Å². The molecular weight excluding hydrogens is 548 g/mol. The number of fused-ring (bicyclic) bond motifs is 1. The number of carbonyl (C=O) groups is 1. The summed E-state index contributed by atoms with van der Waals surface area (Å²) < 4.78 is 13.9. The first kappa shape index (κ1) is 25.8. The van der Waals surface area contributed by atoms with Crippen molar-refractivity contribution < 1.29 is 13.9 Å². The van der Waals surface area contributed by atoms with E-state index in [4.69, 9.17) is 14.1 Å². The molecule has 1 N–H and O–H groups in total. The Labute approximate surface area is 229 Å². The summed E-state index contributed by atoms with van der Waals surface area (Å²) in [6.45, 7) is 6.58. The molecule has 1 aliphatic heterocycles. The molecule has 196 valence electrons. The van der Waals surface area contributed by atoms with E-state index in [1.54, 1.807) is 12.5 Å². The van der Waals surface area contributed by atoms with Crippen LogP contribution in [-0.2, 0) is 17.7 Å². The van der Waals surface area contributed by atoms with Gasteiger partial charge < -0.3 is 13.7 Å². The number of aromatic nitrogens is 6. The summed E-state index contributed by atoms with van der Waals surface area (Å²) in [6.07, 6.45) is 7.37. The molecule has 5 rings (SSSR count). The molecule has 0 saturated carbocycles. The normalized spacial score (nSPS) is 11.4. The summed E-state index contributed by atoms with van der Waals surface area (Å²) in [6, 6.07) is 9.91. The van der Waals surface area contributed by atoms with Crippen molar-refractivity contribution in [2.24, 2.45) is 0 Å². The smallest absolute Gasteiger partial charge is 0.356 e. The molecule has 0 unspecified atom stereocenters. The zero-order chi connectivity index (χ0) is 26.6. The lowest BCUT2D eigenvalue weighted by atomic mass is 9.97. The Morgan fingerprint density at radius 3 is 2.66 bits per heavy atom. The number of unbranched alkanes of at least 4 members (excludes halogenated alkanes) is 2. The minimum absolute atomic E-state index is 0.296. The maximum atomic E-state index is 13.1.